The molecule has 2 aromatic rings. The van der Waals surface area contributed by atoms with Gasteiger partial charge in [-0.2, -0.15) is 0 Å². The highest BCUT2D eigenvalue weighted by Gasteiger charge is 2.20. The molecule has 2 N–H and O–H groups in total. The summed E-state index contributed by atoms with van der Waals surface area (Å²) < 4.78 is 11.0. The molecule has 0 saturated carbocycles. The minimum absolute atomic E-state index is 0.0291. The topological polar surface area (TPSA) is 88.6 Å². The molecule has 1 fully saturated rings. The molecule has 0 spiro atoms. The van der Waals surface area contributed by atoms with E-state index in [4.69, 9.17) is 21.1 Å². The quantitative estimate of drug-likeness (QED) is 0.554. The molecule has 0 bridgehead atoms. The first-order valence-corrected chi connectivity index (χ1v) is 9.27. The molecule has 1 amide bonds. The second-order valence-corrected chi connectivity index (χ2v) is 6.05. The molecule has 1 aromatic heterocycles. The number of carbonyl (C=O) groups excluding carboxylic acids is 1. The number of anilines is 3. The van der Waals surface area contributed by atoms with E-state index in [1.165, 1.54) is 0 Å². The van der Waals surface area contributed by atoms with Crippen LogP contribution in [0.25, 0.3) is 0 Å². The predicted molar refractivity (Wildman–Crippen MR) is 104 cm³/mol. The lowest BCUT2D eigenvalue weighted by Gasteiger charge is -2.27. The first-order valence-electron chi connectivity index (χ1n) is 8.74. The van der Waals surface area contributed by atoms with Crippen molar-refractivity contribution in [1.29, 1.82) is 0 Å². The fourth-order valence-electron chi connectivity index (χ4n) is 2.66. The second kappa shape index (κ2) is 9.38. The number of nitrogens with one attached hydrogen (secondary N) is 2. The molecule has 1 aromatic carbocycles. The van der Waals surface area contributed by atoms with Crippen LogP contribution in [-0.2, 0) is 4.74 Å². The van der Waals surface area contributed by atoms with Gasteiger partial charge in [0.25, 0.3) is 5.91 Å². The summed E-state index contributed by atoms with van der Waals surface area (Å²) in [5, 5.41) is 6.04. The van der Waals surface area contributed by atoms with Gasteiger partial charge in [0.1, 0.15) is 5.75 Å². The highest BCUT2D eigenvalue weighted by atomic mass is 35.5. The van der Waals surface area contributed by atoms with Crippen LogP contribution in [-0.4, -0.2) is 59.7 Å². The van der Waals surface area contributed by atoms with Gasteiger partial charge in [-0.3, -0.25) is 4.79 Å². The maximum absolute atomic E-state index is 12.7. The summed E-state index contributed by atoms with van der Waals surface area (Å²) in [4.78, 5) is 22.9. The molecular formula is C18H22ClN5O3. The average molecular weight is 392 g/mol. The van der Waals surface area contributed by atoms with Crippen LogP contribution in [0.4, 0.5) is 17.3 Å². The number of aromatic nitrogens is 2. The van der Waals surface area contributed by atoms with Gasteiger partial charge in [-0.1, -0.05) is 0 Å². The Bertz CT molecular complexity index is 766. The fraction of sp³-hybridized carbons (Fsp3) is 0.389. The van der Waals surface area contributed by atoms with Gasteiger partial charge < -0.3 is 25.0 Å². The van der Waals surface area contributed by atoms with Crippen LogP contribution in [0.2, 0.25) is 0 Å². The third-order valence-electron chi connectivity index (χ3n) is 4.00. The zero-order valence-corrected chi connectivity index (χ0v) is 15.8. The maximum atomic E-state index is 12.7. The summed E-state index contributed by atoms with van der Waals surface area (Å²) in [5.74, 6) is 0.963. The molecule has 0 aliphatic carbocycles. The van der Waals surface area contributed by atoms with E-state index in [2.05, 4.69) is 20.6 Å². The Labute approximate surface area is 162 Å². The van der Waals surface area contributed by atoms with Crippen LogP contribution in [0.15, 0.2) is 30.6 Å². The van der Waals surface area contributed by atoms with Crippen LogP contribution in [0.5, 0.6) is 5.75 Å². The van der Waals surface area contributed by atoms with Gasteiger partial charge in [0.2, 0.25) is 5.95 Å². The summed E-state index contributed by atoms with van der Waals surface area (Å²) in [5.41, 5.74) is 1.99. The predicted octanol–water partition coefficient (Wildman–Crippen LogP) is 2.70. The minimum Gasteiger partial charge on any atom is -0.492 e. The number of alkyl halides is 1. The van der Waals surface area contributed by atoms with Crippen molar-refractivity contribution in [1.82, 2.24) is 14.9 Å². The Morgan fingerprint density at radius 2 is 2.04 bits per heavy atom. The van der Waals surface area contributed by atoms with Crippen molar-refractivity contribution < 1.29 is 14.3 Å². The fourth-order valence-corrected chi connectivity index (χ4v) is 2.82. The number of hydrogen-bond donors (Lipinski definition) is 2. The van der Waals surface area contributed by atoms with Crippen LogP contribution < -0.4 is 15.4 Å². The molecular weight excluding hydrogens is 370 g/mol. The van der Waals surface area contributed by atoms with Crippen molar-refractivity contribution in [3.63, 3.8) is 0 Å². The third kappa shape index (κ3) is 4.99. The molecule has 3 rings (SSSR count). The molecule has 1 saturated heterocycles. The molecule has 144 valence electrons. The van der Waals surface area contributed by atoms with Crippen molar-refractivity contribution in [2.75, 3.05) is 49.5 Å². The number of carbonyl (C=O) groups is 1. The SMILES string of the molecule is CCOc1cc(C(=O)N2CCOCC2)ccc1Nc1ncc(NCCl)cn1. The molecule has 8 nitrogen and oxygen atoms in total. The van der Waals surface area contributed by atoms with Gasteiger partial charge in [-0.25, -0.2) is 9.97 Å². The Morgan fingerprint density at radius 1 is 1.30 bits per heavy atom. The summed E-state index contributed by atoms with van der Waals surface area (Å²) in [6.45, 7) is 4.69. The lowest BCUT2D eigenvalue weighted by atomic mass is 10.1. The van der Waals surface area contributed by atoms with Crippen LogP contribution >= 0.6 is 11.6 Å². The van der Waals surface area contributed by atoms with Gasteiger partial charge in [-0.05, 0) is 25.1 Å². The van der Waals surface area contributed by atoms with Gasteiger partial charge >= 0.3 is 0 Å². The Hall–Kier alpha value is -2.58. The first kappa shape index (κ1) is 19.2. The van der Waals surface area contributed by atoms with Crippen LogP contribution in [0.3, 0.4) is 0 Å². The Kier molecular flexibility index (Phi) is 6.67. The minimum atomic E-state index is -0.0291. The summed E-state index contributed by atoms with van der Waals surface area (Å²) in [6, 6.07) is 5.59. The van der Waals surface area contributed by atoms with Crippen LogP contribution in [0.1, 0.15) is 17.3 Å². The Balaban J connectivity index is 1.77. The lowest BCUT2D eigenvalue weighted by molar-refractivity contribution is 0.0302. The van der Waals surface area contributed by atoms with Crippen molar-refractivity contribution in [2.24, 2.45) is 0 Å². The van der Waals surface area contributed by atoms with Crippen molar-refractivity contribution in [3.8, 4) is 5.75 Å². The number of nitrogens with zero attached hydrogens (tertiary/aromatic N) is 3. The lowest BCUT2D eigenvalue weighted by Crippen LogP contribution is -2.40. The Morgan fingerprint density at radius 3 is 2.70 bits per heavy atom. The van der Waals surface area contributed by atoms with Crippen LogP contribution in [0, 0.1) is 0 Å². The maximum Gasteiger partial charge on any atom is 0.254 e. The normalized spacial score (nSPS) is 13.9. The molecule has 0 unspecified atom stereocenters. The second-order valence-electron chi connectivity index (χ2n) is 5.78. The van der Waals surface area contributed by atoms with E-state index in [1.54, 1.807) is 35.5 Å². The molecule has 0 atom stereocenters. The number of hydrogen-bond acceptors (Lipinski definition) is 7. The smallest absolute Gasteiger partial charge is 0.254 e. The van der Waals surface area contributed by atoms with E-state index in [9.17, 15) is 4.79 Å². The number of morpholine rings is 1. The first-order chi connectivity index (χ1) is 13.2. The number of halogens is 1. The number of rotatable bonds is 7. The molecule has 1 aliphatic heterocycles. The van der Waals surface area contributed by atoms with Crippen molar-refractivity contribution in [2.45, 2.75) is 6.92 Å². The monoisotopic (exact) mass is 391 g/mol. The molecule has 9 heteroatoms. The molecule has 27 heavy (non-hydrogen) atoms. The van der Waals surface area contributed by atoms with Crippen molar-refractivity contribution in [3.05, 3.63) is 36.2 Å². The molecule has 2 heterocycles. The number of amides is 1. The van der Waals surface area contributed by atoms with E-state index in [-0.39, 0.29) is 11.9 Å². The number of ether oxygens (including phenoxy) is 2. The zero-order chi connectivity index (χ0) is 19.1. The number of benzene rings is 1. The summed E-state index contributed by atoms with van der Waals surface area (Å²) in [6.07, 6.45) is 3.27. The highest BCUT2D eigenvalue weighted by Crippen LogP contribution is 2.29. The van der Waals surface area contributed by atoms with Gasteiger partial charge in [-0.15, -0.1) is 11.6 Å². The standard InChI is InChI=1S/C18H22ClN5O3/c1-2-27-16-9-13(17(25)24-5-7-26-8-6-24)3-4-15(16)23-18-20-10-14(11-21-18)22-12-19/h3-4,9-11,22H,2,5-8,12H2,1H3,(H,20,21,23). The van der Waals surface area contributed by atoms with Gasteiger partial charge in [0, 0.05) is 18.7 Å². The van der Waals surface area contributed by atoms with E-state index in [0.29, 0.717) is 55.9 Å². The molecule has 1 aliphatic rings. The van der Waals surface area contributed by atoms with Gasteiger partial charge in [0.15, 0.2) is 0 Å². The van der Waals surface area contributed by atoms with E-state index in [0.717, 1.165) is 5.69 Å². The average Bonchev–Trinajstić information content (AvgIpc) is 2.71. The molecule has 0 radical (unpaired) electrons. The zero-order valence-electron chi connectivity index (χ0n) is 15.1. The highest BCUT2D eigenvalue weighted by molar-refractivity contribution is 6.18. The van der Waals surface area contributed by atoms with E-state index in [1.807, 2.05) is 6.92 Å². The third-order valence-corrected chi connectivity index (χ3v) is 4.13. The summed E-state index contributed by atoms with van der Waals surface area (Å²) in [7, 11) is 0. The summed E-state index contributed by atoms with van der Waals surface area (Å²) >= 11 is 5.62. The van der Waals surface area contributed by atoms with Gasteiger partial charge in [0.05, 0.1) is 49.6 Å². The van der Waals surface area contributed by atoms with Crippen molar-refractivity contribution >= 4 is 34.8 Å². The largest absolute Gasteiger partial charge is 0.492 e. The van der Waals surface area contributed by atoms with E-state index < -0.39 is 0 Å². The van der Waals surface area contributed by atoms with E-state index >= 15 is 0 Å².